The molecule has 1 aromatic heterocycles. The molecule has 2 heterocycles. The minimum Gasteiger partial charge on any atom is -0.342 e. The van der Waals surface area contributed by atoms with Gasteiger partial charge in [0.1, 0.15) is 0 Å². The highest BCUT2D eigenvalue weighted by Crippen LogP contribution is 2.15. The predicted molar refractivity (Wildman–Crippen MR) is 76.5 cm³/mol. The van der Waals surface area contributed by atoms with Gasteiger partial charge in [0.15, 0.2) is 0 Å². The van der Waals surface area contributed by atoms with Crippen LogP contribution in [-0.4, -0.2) is 34.1 Å². The Labute approximate surface area is 116 Å². The van der Waals surface area contributed by atoms with Crippen LogP contribution in [0.15, 0.2) is 29.1 Å². The molecule has 1 aliphatic heterocycles. The third-order valence-electron chi connectivity index (χ3n) is 3.80. The van der Waals surface area contributed by atoms with Crippen molar-refractivity contribution in [2.75, 3.05) is 13.1 Å². The molecule has 2 aromatic rings. The minimum absolute atomic E-state index is 0.0920. The number of hydrogen-bond acceptors (Lipinski definition) is 3. The number of aromatic nitrogens is 2. The molecule has 0 unspecified atom stereocenters. The second-order valence-electron chi connectivity index (χ2n) is 5.16. The Bertz CT molecular complexity index is 687. The lowest BCUT2D eigenvalue weighted by atomic mass is 10.1. The topological polar surface area (TPSA) is 66.1 Å². The largest absolute Gasteiger partial charge is 0.342 e. The van der Waals surface area contributed by atoms with E-state index in [9.17, 15) is 9.59 Å². The van der Waals surface area contributed by atoms with Crippen LogP contribution in [0.1, 0.15) is 25.0 Å². The van der Waals surface area contributed by atoms with Crippen LogP contribution in [0.3, 0.4) is 0 Å². The molecule has 0 atom stereocenters. The third-order valence-corrected chi connectivity index (χ3v) is 3.80. The van der Waals surface area contributed by atoms with E-state index in [4.69, 9.17) is 0 Å². The number of fused-ring (bicyclic) bond motifs is 1. The van der Waals surface area contributed by atoms with Gasteiger partial charge in [0.2, 0.25) is 5.91 Å². The quantitative estimate of drug-likeness (QED) is 0.899. The van der Waals surface area contributed by atoms with E-state index in [1.165, 1.54) is 6.42 Å². The molecule has 5 nitrogen and oxygen atoms in total. The number of nitrogens with zero attached hydrogens (tertiary/aromatic N) is 2. The highest BCUT2D eigenvalue weighted by molar-refractivity contribution is 5.88. The molecule has 104 valence electrons. The first-order valence-corrected chi connectivity index (χ1v) is 7.00. The van der Waals surface area contributed by atoms with Crippen molar-refractivity contribution in [3.05, 3.63) is 40.3 Å². The normalized spacial score (nSPS) is 15.5. The zero-order chi connectivity index (χ0) is 13.9. The predicted octanol–water partition coefficient (Wildman–Crippen LogP) is 1.48. The van der Waals surface area contributed by atoms with Crippen molar-refractivity contribution >= 4 is 16.7 Å². The van der Waals surface area contributed by atoms with Crippen molar-refractivity contribution in [1.82, 2.24) is 15.1 Å². The van der Waals surface area contributed by atoms with Gasteiger partial charge in [-0.2, -0.15) is 5.10 Å². The number of likely N-dealkylation sites (tertiary alicyclic amines) is 1. The zero-order valence-electron chi connectivity index (χ0n) is 11.3. The van der Waals surface area contributed by atoms with Gasteiger partial charge < -0.3 is 4.90 Å². The molecule has 1 amide bonds. The van der Waals surface area contributed by atoms with Gasteiger partial charge in [-0.15, -0.1) is 0 Å². The van der Waals surface area contributed by atoms with E-state index >= 15 is 0 Å². The van der Waals surface area contributed by atoms with Gasteiger partial charge in [-0.1, -0.05) is 18.2 Å². The third kappa shape index (κ3) is 2.43. The fraction of sp³-hybridized carbons (Fsp3) is 0.400. The molecular formula is C15H17N3O2. The minimum atomic E-state index is -0.213. The fourth-order valence-corrected chi connectivity index (χ4v) is 2.70. The SMILES string of the molecule is O=C(Cc1n[nH]c(=O)c2ccccc12)N1CCCCC1. The van der Waals surface area contributed by atoms with Gasteiger partial charge in [-0.25, -0.2) is 5.10 Å². The Morgan fingerprint density at radius 3 is 2.60 bits per heavy atom. The van der Waals surface area contributed by atoms with E-state index in [0.717, 1.165) is 31.3 Å². The average molecular weight is 271 g/mol. The molecular weight excluding hydrogens is 254 g/mol. The molecule has 1 saturated heterocycles. The summed E-state index contributed by atoms with van der Waals surface area (Å²) in [6.45, 7) is 1.67. The summed E-state index contributed by atoms with van der Waals surface area (Å²) in [5, 5.41) is 7.88. The average Bonchev–Trinajstić information content (AvgIpc) is 2.51. The maximum Gasteiger partial charge on any atom is 0.272 e. The smallest absolute Gasteiger partial charge is 0.272 e. The van der Waals surface area contributed by atoms with Crippen molar-refractivity contribution in [3.63, 3.8) is 0 Å². The molecule has 1 N–H and O–H groups in total. The number of H-pyrrole nitrogens is 1. The Kier molecular flexibility index (Phi) is 3.50. The summed E-state index contributed by atoms with van der Waals surface area (Å²) in [4.78, 5) is 25.9. The first-order valence-electron chi connectivity index (χ1n) is 7.00. The maximum absolute atomic E-state index is 12.3. The molecule has 0 aliphatic carbocycles. The molecule has 5 heteroatoms. The highest BCUT2D eigenvalue weighted by Gasteiger charge is 2.18. The lowest BCUT2D eigenvalue weighted by Gasteiger charge is -2.26. The van der Waals surface area contributed by atoms with Gasteiger partial charge in [-0.05, 0) is 25.3 Å². The summed E-state index contributed by atoms with van der Waals surface area (Å²) < 4.78 is 0. The van der Waals surface area contributed by atoms with Gasteiger partial charge in [-0.3, -0.25) is 9.59 Å². The highest BCUT2D eigenvalue weighted by atomic mass is 16.2. The first-order chi connectivity index (χ1) is 9.75. The summed E-state index contributed by atoms with van der Waals surface area (Å²) in [6.07, 6.45) is 3.60. The standard InChI is InChI=1S/C15H17N3O2/c19-14(18-8-4-1-5-9-18)10-13-11-6-2-3-7-12(11)15(20)17-16-13/h2-3,6-7H,1,4-5,8-10H2,(H,17,20). The Hall–Kier alpha value is -2.17. The van der Waals surface area contributed by atoms with E-state index in [1.54, 1.807) is 6.07 Å². The van der Waals surface area contributed by atoms with Gasteiger partial charge >= 0.3 is 0 Å². The van der Waals surface area contributed by atoms with Crippen LogP contribution in [0.4, 0.5) is 0 Å². The van der Waals surface area contributed by atoms with Crippen molar-refractivity contribution in [2.24, 2.45) is 0 Å². The summed E-state index contributed by atoms with van der Waals surface area (Å²) >= 11 is 0. The van der Waals surface area contributed by atoms with Gasteiger partial charge in [0, 0.05) is 18.5 Å². The van der Waals surface area contributed by atoms with E-state index in [1.807, 2.05) is 23.1 Å². The first kappa shape index (κ1) is 12.8. The fourth-order valence-electron chi connectivity index (χ4n) is 2.70. The van der Waals surface area contributed by atoms with Crippen molar-refractivity contribution in [1.29, 1.82) is 0 Å². The second-order valence-corrected chi connectivity index (χ2v) is 5.16. The summed E-state index contributed by atoms with van der Waals surface area (Å²) in [6, 6.07) is 7.27. The number of aromatic amines is 1. The molecule has 3 rings (SSSR count). The van der Waals surface area contributed by atoms with Crippen LogP contribution < -0.4 is 5.56 Å². The number of rotatable bonds is 2. The maximum atomic E-state index is 12.3. The summed E-state index contributed by atoms with van der Waals surface area (Å²) in [5.41, 5.74) is 0.436. The molecule has 0 spiro atoms. The van der Waals surface area contributed by atoms with Gasteiger partial charge in [0.05, 0.1) is 17.5 Å². The molecule has 0 radical (unpaired) electrons. The number of carbonyl (C=O) groups is 1. The van der Waals surface area contributed by atoms with Crippen LogP contribution in [0.2, 0.25) is 0 Å². The lowest BCUT2D eigenvalue weighted by molar-refractivity contribution is -0.131. The van der Waals surface area contributed by atoms with Crippen LogP contribution >= 0.6 is 0 Å². The van der Waals surface area contributed by atoms with Crippen LogP contribution in [0.25, 0.3) is 10.8 Å². The van der Waals surface area contributed by atoms with Crippen LogP contribution in [-0.2, 0) is 11.2 Å². The lowest BCUT2D eigenvalue weighted by Crippen LogP contribution is -2.36. The Balaban J connectivity index is 1.89. The van der Waals surface area contributed by atoms with Crippen molar-refractivity contribution in [2.45, 2.75) is 25.7 Å². The molecule has 0 bridgehead atoms. The number of benzene rings is 1. The van der Waals surface area contributed by atoms with Crippen LogP contribution in [0.5, 0.6) is 0 Å². The number of amides is 1. The zero-order valence-corrected chi connectivity index (χ0v) is 11.3. The number of nitrogens with one attached hydrogen (secondary N) is 1. The summed E-state index contributed by atoms with van der Waals surface area (Å²) in [7, 11) is 0. The van der Waals surface area contributed by atoms with E-state index in [0.29, 0.717) is 11.1 Å². The Morgan fingerprint density at radius 2 is 1.85 bits per heavy atom. The van der Waals surface area contributed by atoms with Gasteiger partial charge in [0.25, 0.3) is 5.56 Å². The van der Waals surface area contributed by atoms with Crippen molar-refractivity contribution in [3.8, 4) is 0 Å². The number of piperidine rings is 1. The monoisotopic (exact) mass is 271 g/mol. The van der Waals surface area contributed by atoms with E-state index in [2.05, 4.69) is 10.2 Å². The number of carbonyl (C=O) groups excluding carboxylic acids is 1. The molecule has 1 fully saturated rings. The van der Waals surface area contributed by atoms with E-state index < -0.39 is 0 Å². The van der Waals surface area contributed by atoms with E-state index in [-0.39, 0.29) is 17.9 Å². The number of hydrogen-bond donors (Lipinski definition) is 1. The second kappa shape index (κ2) is 5.45. The van der Waals surface area contributed by atoms with Crippen LogP contribution in [0, 0.1) is 0 Å². The van der Waals surface area contributed by atoms with Crippen molar-refractivity contribution < 1.29 is 4.79 Å². The molecule has 0 saturated carbocycles. The molecule has 1 aliphatic rings. The summed E-state index contributed by atoms with van der Waals surface area (Å²) in [5.74, 6) is 0.0920. The molecule has 20 heavy (non-hydrogen) atoms. The Morgan fingerprint density at radius 1 is 1.15 bits per heavy atom. The molecule has 1 aromatic carbocycles.